The lowest BCUT2D eigenvalue weighted by Crippen LogP contribution is -2.04. The van der Waals surface area contributed by atoms with Crippen LogP contribution in [0.1, 0.15) is 27.8 Å². The fourth-order valence-corrected chi connectivity index (χ4v) is 3.67. The van der Waals surface area contributed by atoms with Gasteiger partial charge in [-0.3, -0.25) is 0 Å². The van der Waals surface area contributed by atoms with E-state index in [4.69, 9.17) is 9.47 Å². The van der Waals surface area contributed by atoms with Gasteiger partial charge in [-0.05, 0) is 35.9 Å². The van der Waals surface area contributed by atoms with Crippen molar-refractivity contribution in [1.82, 2.24) is 20.2 Å². The van der Waals surface area contributed by atoms with Gasteiger partial charge in [-0.2, -0.15) is 0 Å². The maximum Gasteiger partial charge on any atom is 0.342 e. The van der Waals surface area contributed by atoms with Crippen molar-refractivity contribution in [3.63, 3.8) is 0 Å². The van der Waals surface area contributed by atoms with Crippen molar-refractivity contribution in [1.29, 1.82) is 0 Å². The monoisotopic (exact) mass is 440 g/mol. The van der Waals surface area contributed by atoms with E-state index in [0.29, 0.717) is 45.2 Å². The summed E-state index contributed by atoms with van der Waals surface area (Å²) < 4.78 is 11.0. The van der Waals surface area contributed by atoms with E-state index >= 15 is 0 Å². The minimum atomic E-state index is -0.914. The number of aliphatic hydroxyl groups excluding tert-OH is 1. The number of benzene rings is 3. The summed E-state index contributed by atoms with van der Waals surface area (Å²) in [7, 11) is 1.34. The van der Waals surface area contributed by atoms with Crippen LogP contribution in [0.4, 0.5) is 0 Å². The Labute approximate surface area is 188 Å². The fraction of sp³-hybridized carbons (Fsp3) is 0.0800. The van der Waals surface area contributed by atoms with Crippen LogP contribution in [0.3, 0.4) is 0 Å². The number of hydrogen-bond donors (Lipinski definition) is 3. The second-order valence-electron chi connectivity index (χ2n) is 7.37. The summed E-state index contributed by atoms with van der Waals surface area (Å²) in [5, 5.41) is 19.6. The largest absolute Gasteiger partial charge is 0.465 e. The molecule has 0 saturated heterocycles. The number of aliphatic hydroxyl groups is 1. The van der Waals surface area contributed by atoms with E-state index in [1.54, 1.807) is 30.5 Å². The summed E-state index contributed by atoms with van der Waals surface area (Å²) in [6.45, 7) is 0. The second kappa shape index (κ2) is 8.60. The van der Waals surface area contributed by atoms with E-state index in [9.17, 15) is 9.90 Å². The first-order valence-electron chi connectivity index (χ1n) is 10.3. The molecule has 0 aliphatic heterocycles. The molecule has 2 aromatic heterocycles. The lowest BCUT2D eigenvalue weighted by Gasteiger charge is -2.12. The highest BCUT2D eigenvalue weighted by Gasteiger charge is 2.19. The van der Waals surface area contributed by atoms with Crippen molar-refractivity contribution >= 4 is 16.9 Å². The Kier molecular flexibility index (Phi) is 5.34. The van der Waals surface area contributed by atoms with E-state index in [2.05, 4.69) is 20.2 Å². The van der Waals surface area contributed by atoms with E-state index in [1.807, 2.05) is 48.5 Å². The Hall–Kier alpha value is -4.43. The number of esters is 1. The number of nitrogens with one attached hydrogen (secondary N) is 2. The van der Waals surface area contributed by atoms with Gasteiger partial charge < -0.3 is 24.5 Å². The number of hydrogen-bond acceptors (Lipinski definition) is 6. The van der Waals surface area contributed by atoms with Crippen LogP contribution in [0, 0.1) is 0 Å². The molecule has 164 valence electrons. The molecule has 33 heavy (non-hydrogen) atoms. The van der Waals surface area contributed by atoms with Crippen LogP contribution < -0.4 is 4.74 Å². The molecule has 3 N–H and O–H groups in total. The smallest absolute Gasteiger partial charge is 0.342 e. The molecule has 5 rings (SSSR count). The van der Waals surface area contributed by atoms with Gasteiger partial charge >= 0.3 is 5.97 Å². The molecule has 8 heteroatoms. The van der Waals surface area contributed by atoms with Crippen LogP contribution in [-0.2, 0) is 4.74 Å². The number of aromatic amines is 2. The average Bonchev–Trinajstić information content (AvgIpc) is 3.54. The van der Waals surface area contributed by atoms with E-state index in [1.165, 1.54) is 7.11 Å². The van der Waals surface area contributed by atoms with Crippen LogP contribution in [-0.4, -0.2) is 38.4 Å². The summed E-state index contributed by atoms with van der Waals surface area (Å²) >= 11 is 0. The Morgan fingerprint density at radius 2 is 1.85 bits per heavy atom. The number of ether oxygens (including phenoxy) is 2. The highest BCUT2D eigenvalue weighted by Crippen LogP contribution is 2.33. The number of carbonyl (C=O) groups is 1. The normalized spacial score (nSPS) is 11.9. The van der Waals surface area contributed by atoms with Crippen LogP contribution in [0.25, 0.3) is 22.3 Å². The molecule has 1 unspecified atom stereocenters. The lowest BCUT2D eigenvalue weighted by molar-refractivity contribution is 0.0600. The van der Waals surface area contributed by atoms with Crippen molar-refractivity contribution < 1.29 is 19.4 Å². The number of nitrogens with zero attached hydrogens (tertiary/aromatic N) is 2. The van der Waals surface area contributed by atoms with Crippen molar-refractivity contribution in [3.05, 3.63) is 95.9 Å². The van der Waals surface area contributed by atoms with E-state index < -0.39 is 12.1 Å². The number of rotatable bonds is 6. The molecule has 5 aromatic rings. The Balaban J connectivity index is 1.44. The molecule has 0 spiro atoms. The SMILES string of the molecule is COC(=O)c1c(Oc2cccc(-c3nnc(C(O)c4ccccc4)[nH]3)c2)ccc2[nH]ccc12. The van der Waals surface area contributed by atoms with Gasteiger partial charge in [-0.1, -0.05) is 42.5 Å². The van der Waals surface area contributed by atoms with Gasteiger partial charge in [0, 0.05) is 22.7 Å². The second-order valence-corrected chi connectivity index (χ2v) is 7.37. The fourth-order valence-electron chi connectivity index (χ4n) is 3.67. The number of carbonyl (C=O) groups excluding carboxylic acids is 1. The molecule has 0 radical (unpaired) electrons. The highest BCUT2D eigenvalue weighted by molar-refractivity contribution is 6.06. The maximum absolute atomic E-state index is 12.4. The third-order valence-corrected chi connectivity index (χ3v) is 5.30. The quantitative estimate of drug-likeness (QED) is 0.332. The Morgan fingerprint density at radius 3 is 2.67 bits per heavy atom. The zero-order chi connectivity index (χ0) is 22.8. The van der Waals surface area contributed by atoms with Crippen molar-refractivity contribution in [2.75, 3.05) is 7.11 Å². The zero-order valence-corrected chi connectivity index (χ0v) is 17.6. The molecule has 3 aromatic carbocycles. The van der Waals surface area contributed by atoms with Crippen molar-refractivity contribution in [2.24, 2.45) is 0 Å². The first kappa shape index (κ1) is 20.5. The standard InChI is InChI=1S/C25H20N4O4/c1-32-25(31)21-18-12-13-26-19(18)10-11-20(21)33-17-9-5-8-16(14-17)23-27-24(29-28-23)22(30)15-6-3-2-4-7-15/h2-14,22,26,30H,1H3,(H,27,28,29). The molecule has 0 bridgehead atoms. The predicted molar refractivity (Wildman–Crippen MR) is 122 cm³/mol. The Morgan fingerprint density at radius 1 is 1.00 bits per heavy atom. The molecule has 1 atom stereocenters. The van der Waals surface area contributed by atoms with Crippen LogP contribution in [0.2, 0.25) is 0 Å². The molecule has 0 saturated carbocycles. The summed E-state index contributed by atoms with van der Waals surface area (Å²) in [6.07, 6.45) is 0.843. The number of methoxy groups -OCH3 is 1. The molecule has 0 aliphatic rings. The third kappa shape index (κ3) is 3.95. The molecule has 8 nitrogen and oxygen atoms in total. The summed E-state index contributed by atoms with van der Waals surface area (Å²) in [4.78, 5) is 18.6. The number of aromatic nitrogens is 4. The van der Waals surface area contributed by atoms with Crippen molar-refractivity contribution in [2.45, 2.75) is 6.10 Å². The molecular weight excluding hydrogens is 420 g/mol. The molecule has 0 aliphatic carbocycles. The van der Waals surface area contributed by atoms with Crippen LogP contribution in [0.5, 0.6) is 11.5 Å². The van der Waals surface area contributed by atoms with Gasteiger partial charge in [0.15, 0.2) is 11.6 Å². The Bertz CT molecular complexity index is 1420. The van der Waals surface area contributed by atoms with Gasteiger partial charge in [0.05, 0.1) is 7.11 Å². The number of fused-ring (bicyclic) bond motifs is 1. The summed E-state index contributed by atoms with van der Waals surface area (Å²) in [5.74, 6) is 1.23. The van der Waals surface area contributed by atoms with Gasteiger partial charge in [-0.25, -0.2) is 4.79 Å². The minimum absolute atomic E-state index is 0.341. The summed E-state index contributed by atoms with van der Waals surface area (Å²) in [5.41, 5.74) is 2.58. The van der Waals surface area contributed by atoms with Crippen LogP contribution >= 0.6 is 0 Å². The van der Waals surface area contributed by atoms with Gasteiger partial charge in [0.2, 0.25) is 0 Å². The number of H-pyrrole nitrogens is 2. The minimum Gasteiger partial charge on any atom is -0.465 e. The first-order valence-corrected chi connectivity index (χ1v) is 10.3. The van der Waals surface area contributed by atoms with Gasteiger partial charge in [-0.15, -0.1) is 10.2 Å². The lowest BCUT2D eigenvalue weighted by atomic mass is 10.1. The van der Waals surface area contributed by atoms with Crippen LogP contribution in [0.15, 0.2) is 79.0 Å². The molecule has 2 heterocycles. The van der Waals surface area contributed by atoms with Gasteiger partial charge in [0.25, 0.3) is 0 Å². The molecule has 0 fully saturated rings. The zero-order valence-electron chi connectivity index (χ0n) is 17.6. The summed E-state index contributed by atoms with van der Waals surface area (Å²) in [6, 6.07) is 21.8. The first-order chi connectivity index (χ1) is 16.1. The van der Waals surface area contributed by atoms with E-state index in [0.717, 1.165) is 5.52 Å². The maximum atomic E-state index is 12.4. The molecule has 0 amide bonds. The predicted octanol–water partition coefficient (Wildman–Crippen LogP) is 4.61. The topological polar surface area (TPSA) is 113 Å². The van der Waals surface area contributed by atoms with Crippen molar-refractivity contribution in [3.8, 4) is 22.9 Å². The molecular formula is C25H20N4O4. The average molecular weight is 440 g/mol. The van der Waals surface area contributed by atoms with Gasteiger partial charge in [0.1, 0.15) is 23.2 Å². The highest BCUT2D eigenvalue weighted by atomic mass is 16.5. The third-order valence-electron chi connectivity index (χ3n) is 5.30. The van der Waals surface area contributed by atoms with E-state index in [-0.39, 0.29) is 0 Å².